The molecule has 0 atom stereocenters. The lowest BCUT2D eigenvalue weighted by Gasteiger charge is -1.93. The van der Waals surface area contributed by atoms with Gasteiger partial charge in [-0.25, -0.2) is 9.97 Å². The van der Waals surface area contributed by atoms with Crippen LogP contribution in [0.1, 0.15) is 0 Å². The van der Waals surface area contributed by atoms with Crippen LogP contribution in [0.3, 0.4) is 0 Å². The number of hydrogen-bond donors (Lipinski definition) is 0. The first-order chi connectivity index (χ1) is 7.93. The Morgan fingerprint density at radius 2 is 1.94 bits per heavy atom. The van der Waals surface area contributed by atoms with Crippen molar-refractivity contribution in [2.24, 2.45) is 0 Å². The van der Waals surface area contributed by atoms with Crippen molar-refractivity contribution in [3.05, 3.63) is 48.4 Å². The van der Waals surface area contributed by atoms with Crippen LogP contribution in [0.5, 0.6) is 0 Å². The summed E-state index contributed by atoms with van der Waals surface area (Å²) in [5.74, 6) is 0. The molecule has 16 heavy (non-hydrogen) atoms. The van der Waals surface area contributed by atoms with Crippen molar-refractivity contribution >= 4 is 11.3 Å². The van der Waals surface area contributed by atoms with Crippen LogP contribution < -0.4 is 0 Å². The normalized spacial score (nSPS) is 10.5. The highest BCUT2D eigenvalue weighted by atomic mass is 32.1. The molecular formula is C12H8N2OS. The number of oxazole rings is 1. The van der Waals surface area contributed by atoms with E-state index in [1.807, 2.05) is 35.7 Å². The molecule has 0 aliphatic heterocycles. The fourth-order valence-electron chi connectivity index (χ4n) is 1.45. The number of rotatable bonds is 2. The average molecular weight is 228 g/mol. The summed E-state index contributed by atoms with van der Waals surface area (Å²) < 4.78 is 4.94. The van der Waals surface area contributed by atoms with E-state index >= 15 is 0 Å². The van der Waals surface area contributed by atoms with Crippen LogP contribution in [0.2, 0.25) is 0 Å². The van der Waals surface area contributed by atoms with Gasteiger partial charge in [0.05, 0.1) is 5.69 Å². The molecule has 0 radical (unpaired) electrons. The fraction of sp³-hybridized carbons (Fsp3) is 0. The number of benzene rings is 1. The van der Waals surface area contributed by atoms with Crippen molar-refractivity contribution in [1.29, 1.82) is 0 Å². The van der Waals surface area contributed by atoms with Crippen molar-refractivity contribution < 1.29 is 4.42 Å². The summed E-state index contributed by atoms with van der Waals surface area (Å²) in [6.45, 7) is 0. The molecule has 1 aromatic carbocycles. The van der Waals surface area contributed by atoms with Gasteiger partial charge in [-0.2, -0.15) is 0 Å². The topological polar surface area (TPSA) is 38.9 Å². The SMILES string of the molecule is c1ccc(-c2csc(-c3cocn3)n2)cc1. The molecular weight excluding hydrogens is 220 g/mol. The van der Waals surface area contributed by atoms with Crippen LogP contribution in [-0.4, -0.2) is 9.97 Å². The van der Waals surface area contributed by atoms with Gasteiger partial charge < -0.3 is 4.42 Å². The lowest BCUT2D eigenvalue weighted by atomic mass is 10.2. The average Bonchev–Trinajstić information content (AvgIpc) is 3.01. The van der Waals surface area contributed by atoms with E-state index in [9.17, 15) is 0 Å². The number of nitrogens with zero attached hydrogens (tertiary/aromatic N) is 2. The zero-order valence-electron chi connectivity index (χ0n) is 8.33. The first kappa shape index (κ1) is 9.30. The predicted molar refractivity (Wildman–Crippen MR) is 63.0 cm³/mol. The van der Waals surface area contributed by atoms with Crippen molar-refractivity contribution in [1.82, 2.24) is 9.97 Å². The number of hydrogen-bond acceptors (Lipinski definition) is 4. The molecule has 0 amide bonds. The van der Waals surface area contributed by atoms with Gasteiger partial charge in [-0.05, 0) is 0 Å². The summed E-state index contributed by atoms with van der Waals surface area (Å²) in [6.07, 6.45) is 3.02. The third-order valence-electron chi connectivity index (χ3n) is 2.23. The molecule has 0 aliphatic rings. The summed E-state index contributed by atoms with van der Waals surface area (Å²) in [7, 11) is 0. The highest BCUT2D eigenvalue weighted by molar-refractivity contribution is 7.13. The molecule has 0 aliphatic carbocycles. The van der Waals surface area contributed by atoms with Gasteiger partial charge in [-0.15, -0.1) is 11.3 Å². The first-order valence-corrected chi connectivity index (χ1v) is 5.71. The molecule has 2 heterocycles. The summed E-state index contributed by atoms with van der Waals surface area (Å²) in [5.41, 5.74) is 2.88. The van der Waals surface area contributed by atoms with Gasteiger partial charge in [-0.1, -0.05) is 30.3 Å². The Kier molecular flexibility index (Phi) is 2.27. The Morgan fingerprint density at radius 1 is 1.06 bits per heavy atom. The van der Waals surface area contributed by atoms with Crippen LogP contribution in [0.4, 0.5) is 0 Å². The van der Waals surface area contributed by atoms with Gasteiger partial charge >= 0.3 is 0 Å². The molecule has 0 N–H and O–H groups in total. The van der Waals surface area contributed by atoms with Gasteiger partial charge in [-0.3, -0.25) is 0 Å². The molecule has 3 aromatic rings. The highest BCUT2D eigenvalue weighted by Crippen LogP contribution is 2.27. The van der Waals surface area contributed by atoms with E-state index in [1.165, 1.54) is 6.39 Å². The van der Waals surface area contributed by atoms with Crippen molar-refractivity contribution in [3.63, 3.8) is 0 Å². The van der Waals surface area contributed by atoms with E-state index in [4.69, 9.17) is 4.42 Å². The van der Waals surface area contributed by atoms with Crippen LogP contribution >= 0.6 is 11.3 Å². The van der Waals surface area contributed by atoms with Crippen LogP contribution in [0.25, 0.3) is 22.0 Å². The maximum absolute atomic E-state index is 4.94. The van der Waals surface area contributed by atoms with E-state index < -0.39 is 0 Å². The Bertz CT molecular complexity index is 572. The minimum Gasteiger partial charge on any atom is -0.451 e. The molecule has 2 aromatic heterocycles. The molecule has 0 saturated carbocycles. The minimum absolute atomic E-state index is 0.784. The van der Waals surface area contributed by atoms with Crippen molar-refractivity contribution in [2.75, 3.05) is 0 Å². The first-order valence-electron chi connectivity index (χ1n) is 4.83. The zero-order valence-corrected chi connectivity index (χ0v) is 9.15. The second-order valence-electron chi connectivity index (χ2n) is 3.28. The molecule has 0 saturated heterocycles. The second kappa shape index (κ2) is 3.90. The van der Waals surface area contributed by atoms with Gasteiger partial charge in [0.1, 0.15) is 17.0 Å². The summed E-state index contributed by atoms with van der Waals surface area (Å²) in [5, 5.41) is 2.91. The van der Waals surface area contributed by atoms with E-state index in [1.54, 1.807) is 17.6 Å². The van der Waals surface area contributed by atoms with Gasteiger partial charge in [0, 0.05) is 10.9 Å². The molecule has 3 rings (SSSR count). The second-order valence-corrected chi connectivity index (χ2v) is 4.14. The number of aromatic nitrogens is 2. The fourth-order valence-corrected chi connectivity index (χ4v) is 2.24. The molecule has 78 valence electrons. The van der Waals surface area contributed by atoms with Crippen molar-refractivity contribution in [2.45, 2.75) is 0 Å². The Morgan fingerprint density at radius 3 is 2.69 bits per heavy atom. The van der Waals surface area contributed by atoms with E-state index in [-0.39, 0.29) is 0 Å². The van der Waals surface area contributed by atoms with Gasteiger partial charge in [0.15, 0.2) is 6.39 Å². The maximum Gasteiger partial charge on any atom is 0.181 e. The summed E-state index contributed by atoms with van der Waals surface area (Å²) in [4.78, 5) is 8.59. The smallest absolute Gasteiger partial charge is 0.181 e. The highest BCUT2D eigenvalue weighted by Gasteiger charge is 2.07. The van der Waals surface area contributed by atoms with Crippen LogP contribution in [-0.2, 0) is 0 Å². The lowest BCUT2D eigenvalue weighted by molar-refractivity contribution is 0.558. The molecule has 3 nitrogen and oxygen atoms in total. The Labute approximate surface area is 96.4 Å². The van der Waals surface area contributed by atoms with Crippen molar-refractivity contribution in [3.8, 4) is 22.0 Å². The maximum atomic E-state index is 4.94. The largest absolute Gasteiger partial charge is 0.451 e. The Hall–Kier alpha value is -1.94. The predicted octanol–water partition coefficient (Wildman–Crippen LogP) is 3.47. The van der Waals surface area contributed by atoms with Crippen LogP contribution in [0.15, 0.2) is 52.8 Å². The number of thiazole rings is 1. The van der Waals surface area contributed by atoms with E-state index in [0.29, 0.717) is 0 Å². The standard InChI is InChI=1S/C12H8N2OS/c1-2-4-9(5-3-1)11-7-16-12(14-11)10-6-15-8-13-10/h1-8H. The molecule has 0 fully saturated rings. The molecule has 0 spiro atoms. The lowest BCUT2D eigenvalue weighted by Crippen LogP contribution is -1.78. The van der Waals surface area contributed by atoms with Crippen LogP contribution in [0, 0.1) is 0 Å². The van der Waals surface area contributed by atoms with Gasteiger partial charge in [0.25, 0.3) is 0 Å². The zero-order chi connectivity index (χ0) is 10.8. The minimum atomic E-state index is 0.784. The molecule has 4 heteroatoms. The van der Waals surface area contributed by atoms with E-state index in [0.717, 1.165) is 22.0 Å². The summed E-state index contributed by atoms with van der Waals surface area (Å²) >= 11 is 1.57. The molecule has 0 unspecified atom stereocenters. The molecule has 0 bridgehead atoms. The summed E-state index contributed by atoms with van der Waals surface area (Å²) in [6, 6.07) is 10.1. The monoisotopic (exact) mass is 228 g/mol. The van der Waals surface area contributed by atoms with Gasteiger partial charge in [0.2, 0.25) is 0 Å². The van der Waals surface area contributed by atoms with E-state index in [2.05, 4.69) is 9.97 Å². The third kappa shape index (κ3) is 1.63. The Balaban J connectivity index is 2.00. The third-order valence-corrected chi connectivity index (χ3v) is 3.09. The quantitative estimate of drug-likeness (QED) is 0.674.